The van der Waals surface area contributed by atoms with E-state index in [4.69, 9.17) is 16.3 Å². The molecule has 0 amide bonds. The normalized spacial score (nSPS) is 10.3. The molecule has 0 unspecified atom stereocenters. The van der Waals surface area contributed by atoms with Crippen LogP contribution < -0.4 is 10.1 Å². The molecule has 0 aliphatic rings. The van der Waals surface area contributed by atoms with Gasteiger partial charge >= 0.3 is 0 Å². The number of hydrogen-bond acceptors (Lipinski definition) is 2. The third kappa shape index (κ3) is 3.38. The van der Waals surface area contributed by atoms with Crippen molar-refractivity contribution in [1.82, 2.24) is 0 Å². The van der Waals surface area contributed by atoms with Crippen molar-refractivity contribution in [3.63, 3.8) is 0 Å². The molecule has 0 aliphatic carbocycles. The minimum Gasteiger partial charge on any atom is -0.494 e. The van der Waals surface area contributed by atoms with Crippen LogP contribution in [-0.4, -0.2) is 7.11 Å². The standard InChI is InChI=1S/C15H15ClFNO/c1-10-3-5-14(12(16)7-10)18-9-11-4-6-15(19-2)13(17)8-11/h3-8,18H,9H2,1-2H3. The molecule has 0 aromatic heterocycles. The van der Waals surface area contributed by atoms with Gasteiger partial charge in [0.15, 0.2) is 11.6 Å². The number of nitrogens with one attached hydrogen (secondary N) is 1. The van der Waals surface area contributed by atoms with E-state index in [-0.39, 0.29) is 11.6 Å². The molecule has 0 bridgehead atoms. The minimum absolute atomic E-state index is 0.247. The summed E-state index contributed by atoms with van der Waals surface area (Å²) in [5.41, 5.74) is 2.77. The summed E-state index contributed by atoms with van der Waals surface area (Å²) in [5, 5.41) is 3.84. The molecule has 2 aromatic rings. The third-order valence-electron chi connectivity index (χ3n) is 2.82. The van der Waals surface area contributed by atoms with E-state index in [1.54, 1.807) is 6.07 Å². The molecule has 2 rings (SSSR count). The van der Waals surface area contributed by atoms with Gasteiger partial charge in [-0.05, 0) is 42.3 Å². The molecule has 0 saturated heterocycles. The molecule has 0 saturated carbocycles. The van der Waals surface area contributed by atoms with Gasteiger partial charge in [0.2, 0.25) is 0 Å². The number of aryl methyl sites for hydroxylation is 1. The molecule has 19 heavy (non-hydrogen) atoms. The van der Waals surface area contributed by atoms with Crippen LogP contribution in [0.25, 0.3) is 0 Å². The van der Waals surface area contributed by atoms with Gasteiger partial charge in [-0.25, -0.2) is 4.39 Å². The van der Waals surface area contributed by atoms with E-state index in [0.717, 1.165) is 16.8 Å². The van der Waals surface area contributed by atoms with Gasteiger partial charge < -0.3 is 10.1 Å². The first-order chi connectivity index (χ1) is 9.10. The summed E-state index contributed by atoms with van der Waals surface area (Å²) in [7, 11) is 1.45. The Morgan fingerprint density at radius 1 is 1.21 bits per heavy atom. The first-order valence-electron chi connectivity index (χ1n) is 5.92. The van der Waals surface area contributed by atoms with Crippen molar-refractivity contribution in [3.05, 3.63) is 58.4 Å². The van der Waals surface area contributed by atoms with Crippen molar-refractivity contribution >= 4 is 17.3 Å². The summed E-state index contributed by atoms with van der Waals surface area (Å²) in [6.07, 6.45) is 0. The first-order valence-corrected chi connectivity index (χ1v) is 6.30. The first kappa shape index (κ1) is 13.7. The van der Waals surface area contributed by atoms with Crippen LogP contribution in [0.5, 0.6) is 5.75 Å². The molecular formula is C15H15ClFNO. The van der Waals surface area contributed by atoms with Crippen molar-refractivity contribution in [2.75, 3.05) is 12.4 Å². The molecule has 0 spiro atoms. The Bertz CT molecular complexity index is 586. The maximum Gasteiger partial charge on any atom is 0.165 e. The summed E-state index contributed by atoms with van der Waals surface area (Å²) in [5.74, 6) is -0.117. The molecule has 1 N–H and O–H groups in total. The molecule has 0 heterocycles. The van der Waals surface area contributed by atoms with Crippen molar-refractivity contribution in [2.45, 2.75) is 13.5 Å². The van der Waals surface area contributed by atoms with Crippen LogP contribution in [0, 0.1) is 12.7 Å². The van der Waals surface area contributed by atoms with Crippen molar-refractivity contribution in [3.8, 4) is 5.75 Å². The molecular weight excluding hydrogens is 265 g/mol. The molecule has 2 aromatic carbocycles. The summed E-state index contributed by atoms with van der Waals surface area (Å²) in [4.78, 5) is 0. The predicted molar refractivity (Wildman–Crippen MR) is 76.5 cm³/mol. The van der Waals surface area contributed by atoms with E-state index in [2.05, 4.69) is 5.32 Å². The monoisotopic (exact) mass is 279 g/mol. The fourth-order valence-electron chi connectivity index (χ4n) is 1.78. The molecule has 0 fully saturated rings. The van der Waals surface area contributed by atoms with E-state index in [1.807, 2.05) is 31.2 Å². The number of methoxy groups -OCH3 is 1. The zero-order chi connectivity index (χ0) is 13.8. The highest BCUT2D eigenvalue weighted by Gasteiger charge is 2.04. The maximum atomic E-state index is 13.5. The molecule has 0 aliphatic heterocycles. The number of anilines is 1. The Kier molecular flexibility index (Phi) is 4.27. The SMILES string of the molecule is COc1ccc(CNc2ccc(C)cc2Cl)cc1F. The largest absolute Gasteiger partial charge is 0.494 e. The lowest BCUT2D eigenvalue weighted by molar-refractivity contribution is 0.386. The number of benzene rings is 2. The van der Waals surface area contributed by atoms with Gasteiger partial charge in [-0.3, -0.25) is 0 Å². The highest BCUT2D eigenvalue weighted by atomic mass is 35.5. The number of hydrogen-bond donors (Lipinski definition) is 1. The van der Waals surface area contributed by atoms with E-state index < -0.39 is 0 Å². The van der Waals surface area contributed by atoms with Crippen LogP contribution in [0.15, 0.2) is 36.4 Å². The van der Waals surface area contributed by atoms with Crippen LogP contribution in [0.4, 0.5) is 10.1 Å². The molecule has 2 nitrogen and oxygen atoms in total. The number of rotatable bonds is 4. The highest BCUT2D eigenvalue weighted by Crippen LogP contribution is 2.24. The topological polar surface area (TPSA) is 21.3 Å². The van der Waals surface area contributed by atoms with Crippen LogP contribution in [0.3, 0.4) is 0 Å². The summed E-state index contributed by atoms with van der Waals surface area (Å²) in [6.45, 7) is 2.48. The molecule has 4 heteroatoms. The minimum atomic E-state index is -0.364. The molecule has 0 atom stereocenters. The second kappa shape index (κ2) is 5.93. The van der Waals surface area contributed by atoms with E-state index >= 15 is 0 Å². The number of ether oxygens (including phenoxy) is 1. The smallest absolute Gasteiger partial charge is 0.165 e. The van der Waals surface area contributed by atoms with Gasteiger partial charge in [-0.2, -0.15) is 0 Å². The fourth-order valence-corrected chi connectivity index (χ4v) is 2.08. The summed E-state index contributed by atoms with van der Waals surface area (Å²) >= 11 is 6.12. The molecule has 0 radical (unpaired) electrons. The quantitative estimate of drug-likeness (QED) is 0.895. The van der Waals surface area contributed by atoms with Gasteiger partial charge in [-0.15, -0.1) is 0 Å². The zero-order valence-electron chi connectivity index (χ0n) is 10.8. The Morgan fingerprint density at radius 3 is 2.63 bits per heavy atom. The lowest BCUT2D eigenvalue weighted by atomic mass is 10.2. The van der Waals surface area contributed by atoms with Crippen LogP contribution in [-0.2, 0) is 6.54 Å². The van der Waals surface area contributed by atoms with E-state index in [1.165, 1.54) is 13.2 Å². The lowest BCUT2D eigenvalue weighted by Gasteiger charge is -2.10. The van der Waals surface area contributed by atoms with Gasteiger partial charge in [0.05, 0.1) is 17.8 Å². The lowest BCUT2D eigenvalue weighted by Crippen LogP contribution is -2.01. The Labute approximate surface area is 117 Å². The van der Waals surface area contributed by atoms with Crippen molar-refractivity contribution in [1.29, 1.82) is 0 Å². The Morgan fingerprint density at radius 2 is 2.00 bits per heavy atom. The van der Waals surface area contributed by atoms with Gasteiger partial charge in [0.1, 0.15) is 0 Å². The maximum absolute atomic E-state index is 13.5. The molecule has 100 valence electrons. The Hall–Kier alpha value is -1.74. The van der Waals surface area contributed by atoms with E-state index in [0.29, 0.717) is 11.6 Å². The van der Waals surface area contributed by atoms with Crippen molar-refractivity contribution < 1.29 is 9.13 Å². The fraction of sp³-hybridized carbons (Fsp3) is 0.200. The van der Waals surface area contributed by atoms with Gasteiger partial charge in [-0.1, -0.05) is 23.7 Å². The van der Waals surface area contributed by atoms with Crippen LogP contribution in [0.2, 0.25) is 5.02 Å². The zero-order valence-corrected chi connectivity index (χ0v) is 11.6. The third-order valence-corrected chi connectivity index (χ3v) is 3.14. The second-order valence-corrected chi connectivity index (χ2v) is 4.71. The van der Waals surface area contributed by atoms with Gasteiger partial charge in [0, 0.05) is 6.54 Å². The van der Waals surface area contributed by atoms with Crippen molar-refractivity contribution in [2.24, 2.45) is 0 Å². The second-order valence-electron chi connectivity index (χ2n) is 4.31. The predicted octanol–water partition coefficient (Wildman–Crippen LogP) is 4.41. The average Bonchev–Trinajstić information content (AvgIpc) is 2.38. The Balaban J connectivity index is 2.08. The van der Waals surface area contributed by atoms with E-state index in [9.17, 15) is 4.39 Å². The summed E-state index contributed by atoms with van der Waals surface area (Å²) in [6, 6.07) is 10.7. The highest BCUT2D eigenvalue weighted by molar-refractivity contribution is 6.33. The van der Waals surface area contributed by atoms with Gasteiger partial charge in [0.25, 0.3) is 0 Å². The van der Waals surface area contributed by atoms with Crippen LogP contribution in [0.1, 0.15) is 11.1 Å². The number of halogens is 2. The average molecular weight is 280 g/mol. The summed E-state index contributed by atoms with van der Waals surface area (Å²) < 4.78 is 18.4. The van der Waals surface area contributed by atoms with Crippen LogP contribution >= 0.6 is 11.6 Å².